The van der Waals surface area contributed by atoms with Gasteiger partial charge >= 0.3 is 0 Å². The number of benzene rings is 2. The second kappa shape index (κ2) is 12.6. The predicted octanol–water partition coefficient (Wildman–Crippen LogP) is 4.15. The zero-order chi connectivity index (χ0) is 20.5. The van der Waals surface area contributed by atoms with Gasteiger partial charge in [-0.05, 0) is 43.0 Å². The number of rotatable bonds is 8. The molecule has 0 saturated carbocycles. The van der Waals surface area contributed by atoms with Crippen LogP contribution in [0.4, 0.5) is 5.69 Å². The summed E-state index contributed by atoms with van der Waals surface area (Å²) in [6.45, 7) is 6.89. The van der Waals surface area contributed by atoms with E-state index in [0.29, 0.717) is 11.5 Å². The van der Waals surface area contributed by atoms with Crippen molar-refractivity contribution in [1.82, 2.24) is 10.2 Å². The lowest BCUT2D eigenvalue weighted by atomic mass is 10.00. The molecule has 1 heterocycles. The normalized spacial score (nSPS) is 13.8. The van der Waals surface area contributed by atoms with E-state index in [1.807, 2.05) is 18.2 Å². The summed E-state index contributed by atoms with van der Waals surface area (Å²) in [4.78, 5) is 7.25. The third-order valence-corrected chi connectivity index (χ3v) is 5.10. The topological polar surface area (TPSA) is 58.1 Å². The fourth-order valence-electron chi connectivity index (χ4n) is 3.59. The summed E-state index contributed by atoms with van der Waals surface area (Å²) in [6, 6.07) is 14.5. The van der Waals surface area contributed by atoms with Crippen molar-refractivity contribution in [3.63, 3.8) is 0 Å². The largest absolute Gasteiger partial charge is 0.493 e. The number of nitrogens with one attached hydrogen (secondary N) is 2. The third-order valence-electron chi connectivity index (χ3n) is 5.10. The van der Waals surface area contributed by atoms with E-state index in [1.165, 1.54) is 11.1 Å². The van der Waals surface area contributed by atoms with E-state index in [1.54, 1.807) is 14.2 Å². The van der Waals surface area contributed by atoms with Gasteiger partial charge < -0.3 is 20.1 Å². The molecule has 0 unspecified atom stereocenters. The van der Waals surface area contributed by atoms with Gasteiger partial charge in [-0.3, -0.25) is 9.89 Å². The van der Waals surface area contributed by atoms with Crippen molar-refractivity contribution in [2.45, 2.75) is 26.3 Å². The van der Waals surface area contributed by atoms with Crippen LogP contribution in [0.15, 0.2) is 47.5 Å². The Bertz CT molecular complexity index is 829. The molecular weight excluding hydrogens is 491 g/mol. The van der Waals surface area contributed by atoms with Gasteiger partial charge in [0.05, 0.1) is 14.2 Å². The van der Waals surface area contributed by atoms with Crippen LogP contribution >= 0.6 is 24.0 Å². The Balaban J connectivity index is 0.00000320. The molecule has 0 aromatic heterocycles. The lowest BCUT2D eigenvalue weighted by molar-refractivity contribution is 0.252. The molecule has 6 nitrogen and oxygen atoms in total. The first-order valence-corrected chi connectivity index (χ1v) is 10.3. The second-order valence-corrected chi connectivity index (χ2v) is 7.10. The van der Waals surface area contributed by atoms with Crippen molar-refractivity contribution < 1.29 is 9.47 Å². The van der Waals surface area contributed by atoms with E-state index < -0.39 is 0 Å². The molecule has 1 aliphatic rings. The highest BCUT2D eigenvalue weighted by Gasteiger charge is 2.14. The minimum atomic E-state index is 0. The molecule has 30 heavy (non-hydrogen) atoms. The van der Waals surface area contributed by atoms with Crippen LogP contribution in [0.25, 0.3) is 0 Å². The summed E-state index contributed by atoms with van der Waals surface area (Å²) in [5.41, 5.74) is 3.87. The first-order chi connectivity index (χ1) is 14.2. The Labute approximate surface area is 197 Å². The summed E-state index contributed by atoms with van der Waals surface area (Å²) >= 11 is 0. The van der Waals surface area contributed by atoms with Gasteiger partial charge in [0, 0.05) is 44.5 Å². The number of ether oxygens (including phenoxy) is 2. The molecular formula is C23H33IN4O2. The smallest absolute Gasteiger partial charge is 0.195 e. The van der Waals surface area contributed by atoms with Gasteiger partial charge in [0.2, 0.25) is 0 Å². The minimum absolute atomic E-state index is 0. The molecule has 2 aromatic carbocycles. The maximum atomic E-state index is 5.38. The number of fused-ring (bicyclic) bond motifs is 1. The molecule has 7 heteroatoms. The van der Waals surface area contributed by atoms with Crippen molar-refractivity contribution >= 4 is 35.6 Å². The Morgan fingerprint density at radius 2 is 1.83 bits per heavy atom. The number of halogens is 1. The van der Waals surface area contributed by atoms with E-state index in [0.717, 1.165) is 57.2 Å². The van der Waals surface area contributed by atoms with Gasteiger partial charge in [-0.15, -0.1) is 24.0 Å². The average molecular weight is 524 g/mol. The molecule has 0 fully saturated rings. The molecule has 2 aromatic rings. The van der Waals surface area contributed by atoms with Crippen LogP contribution in [-0.2, 0) is 13.0 Å². The maximum Gasteiger partial charge on any atom is 0.195 e. The molecule has 2 N–H and O–H groups in total. The highest BCUT2D eigenvalue weighted by Crippen LogP contribution is 2.29. The van der Waals surface area contributed by atoms with Crippen LogP contribution in [0.3, 0.4) is 0 Å². The van der Waals surface area contributed by atoms with Crippen molar-refractivity contribution in [2.24, 2.45) is 4.99 Å². The van der Waals surface area contributed by atoms with Crippen LogP contribution in [0.2, 0.25) is 0 Å². The molecule has 164 valence electrons. The number of aliphatic imine (C=N–C) groups is 1. The lowest BCUT2D eigenvalue weighted by Gasteiger charge is -2.28. The molecule has 0 bridgehead atoms. The first-order valence-electron chi connectivity index (χ1n) is 10.3. The van der Waals surface area contributed by atoms with Crippen molar-refractivity contribution in [3.8, 4) is 11.5 Å². The number of guanidine groups is 1. The Kier molecular flexibility index (Phi) is 10.2. The molecule has 0 spiro atoms. The predicted molar refractivity (Wildman–Crippen MR) is 135 cm³/mol. The number of methoxy groups -OCH3 is 2. The summed E-state index contributed by atoms with van der Waals surface area (Å²) in [5.74, 6) is 2.19. The number of anilines is 1. The Morgan fingerprint density at radius 3 is 2.57 bits per heavy atom. The highest BCUT2D eigenvalue weighted by molar-refractivity contribution is 14.0. The SMILES string of the molecule is CCNC(=NCCCN1CCc2ccccc2C1)Nc1ccc(OC)c(OC)c1.I. The molecule has 0 saturated heterocycles. The number of hydrogen-bond acceptors (Lipinski definition) is 4. The first kappa shape index (κ1) is 24.3. The molecule has 3 rings (SSSR count). The Morgan fingerprint density at radius 1 is 1.07 bits per heavy atom. The van der Waals surface area contributed by atoms with E-state index in [2.05, 4.69) is 46.7 Å². The third kappa shape index (κ3) is 6.77. The van der Waals surface area contributed by atoms with Gasteiger partial charge in [0.1, 0.15) is 0 Å². The monoisotopic (exact) mass is 524 g/mol. The molecule has 0 radical (unpaired) electrons. The van der Waals surface area contributed by atoms with Gasteiger partial charge in [0.25, 0.3) is 0 Å². The van der Waals surface area contributed by atoms with E-state index in [-0.39, 0.29) is 24.0 Å². The summed E-state index contributed by atoms with van der Waals surface area (Å²) < 4.78 is 10.7. The van der Waals surface area contributed by atoms with Crippen LogP contribution in [0, 0.1) is 0 Å². The fourth-order valence-corrected chi connectivity index (χ4v) is 3.59. The lowest BCUT2D eigenvalue weighted by Crippen LogP contribution is -2.32. The van der Waals surface area contributed by atoms with Crippen LogP contribution < -0.4 is 20.1 Å². The number of hydrogen-bond donors (Lipinski definition) is 2. The van der Waals surface area contributed by atoms with Crippen molar-refractivity contribution in [1.29, 1.82) is 0 Å². The second-order valence-electron chi connectivity index (χ2n) is 7.10. The average Bonchev–Trinajstić information content (AvgIpc) is 2.76. The molecule has 1 aliphatic heterocycles. The summed E-state index contributed by atoms with van der Waals surface area (Å²) in [5, 5.41) is 6.65. The summed E-state index contributed by atoms with van der Waals surface area (Å²) in [7, 11) is 3.28. The molecule has 0 atom stereocenters. The molecule has 0 amide bonds. The maximum absolute atomic E-state index is 5.38. The van der Waals surface area contributed by atoms with Gasteiger partial charge in [-0.25, -0.2) is 0 Å². The summed E-state index contributed by atoms with van der Waals surface area (Å²) in [6.07, 6.45) is 2.17. The van der Waals surface area contributed by atoms with Gasteiger partial charge in [-0.1, -0.05) is 24.3 Å². The van der Waals surface area contributed by atoms with Gasteiger partial charge in [0.15, 0.2) is 17.5 Å². The standard InChI is InChI=1S/C23H32N4O2.HI/c1-4-24-23(26-20-10-11-21(28-2)22(16-20)29-3)25-13-7-14-27-15-12-18-8-5-6-9-19(18)17-27;/h5-6,8-11,16H,4,7,12-15,17H2,1-3H3,(H2,24,25,26);1H. The van der Waals surface area contributed by atoms with E-state index in [9.17, 15) is 0 Å². The number of nitrogens with zero attached hydrogens (tertiary/aromatic N) is 2. The van der Waals surface area contributed by atoms with Crippen LogP contribution in [0.5, 0.6) is 11.5 Å². The molecule has 0 aliphatic carbocycles. The zero-order valence-corrected chi connectivity index (χ0v) is 20.4. The quantitative estimate of drug-likeness (QED) is 0.235. The Hall–Kier alpha value is -2.00. The minimum Gasteiger partial charge on any atom is -0.493 e. The van der Waals surface area contributed by atoms with Crippen molar-refractivity contribution in [3.05, 3.63) is 53.6 Å². The zero-order valence-electron chi connectivity index (χ0n) is 18.1. The van der Waals surface area contributed by atoms with Crippen LogP contribution in [-0.4, -0.2) is 51.3 Å². The van der Waals surface area contributed by atoms with Gasteiger partial charge in [-0.2, -0.15) is 0 Å². The van der Waals surface area contributed by atoms with Crippen LogP contribution in [0.1, 0.15) is 24.5 Å². The fraction of sp³-hybridized carbons (Fsp3) is 0.435. The highest BCUT2D eigenvalue weighted by atomic mass is 127. The van der Waals surface area contributed by atoms with E-state index >= 15 is 0 Å². The van der Waals surface area contributed by atoms with Crippen molar-refractivity contribution in [2.75, 3.05) is 45.7 Å². The van der Waals surface area contributed by atoms with E-state index in [4.69, 9.17) is 14.5 Å².